The minimum Gasteiger partial charge on any atom is -0.494 e. The van der Waals surface area contributed by atoms with Gasteiger partial charge in [-0.25, -0.2) is 0 Å². The van der Waals surface area contributed by atoms with Crippen LogP contribution in [-0.2, 0) is 9.53 Å². The number of nitrogens with zero attached hydrogens (tertiary/aromatic N) is 2. The van der Waals surface area contributed by atoms with Gasteiger partial charge in [0.1, 0.15) is 11.9 Å². The first-order valence-corrected chi connectivity index (χ1v) is 10.3. The number of hydrogen-bond acceptors (Lipinski definition) is 5. The van der Waals surface area contributed by atoms with Gasteiger partial charge in [0.05, 0.1) is 24.4 Å². The molecule has 2 N–H and O–H groups in total. The summed E-state index contributed by atoms with van der Waals surface area (Å²) in [5, 5.41) is 18.0. The topological polar surface area (TPSA) is 85.6 Å². The Morgan fingerprint density at radius 3 is 2.79 bits per heavy atom. The fraction of sp³-hybridized carbons (Fsp3) is 0.619. The van der Waals surface area contributed by atoms with Crippen LogP contribution in [0.15, 0.2) is 18.3 Å². The Hall–Kier alpha value is -2.12. The van der Waals surface area contributed by atoms with Gasteiger partial charge >= 0.3 is 0 Å². The van der Waals surface area contributed by atoms with Gasteiger partial charge in [-0.2, -0.15) is 5.10 Å². The Labute approximate surface area is 165 Å². The van der Waals surface area contributed by atoms with Crippen molar-refractivity contribution in [2.75, 3.05) is 25.6 Å². The summed E-state index contributed by atoms with van der Waals surface area (Å²) in [6.45, 7) is 0.915. The number of carbonyl (C=O) groups is 1. The number of ether oxygens (including phenoxy) is 2. The maximum atomic E-state index is 12.6. The van der Waals surface area contributed by atoms with Gasteiger partial charge < -0.3 is 19.9 Å². The van der Waals surface area contributed by atoms with E-state index in [9.17, 15) is 9.90 Å². The number of rotatable bonds is 5. The van der Waals surface area contributed by atoms with Gasteiger partial charge in [-0.15, -0.1) is 0 Å². The molecule has 1 aliphatic carbocycles. The Morgan fingerprint density at radius 1 is 1.29 bits per heavy atom. The molecule has 1 aromatic heterocycles. The van der Waals surface area contributed by atoms with Gasteiger partial charge in [0.2, 0.25) is 0 Å². The summed E-state index contributed by atoms with van der Waals surface area (Å²) in [5.41, 5.74) is 1.51. The van der Waals surface area contributed by atoms with E-state index in [0.717, 1.165) is 55.8 Å². The minimum atomic E-state index is -0.390. The van der Waals surface area contributed by atoms with Crippen LogP contribution in [0.2, 0.25) is 0 Å². The molecule has 0 unspecified atom stereocenters. The predicted octanol–water partition coefficient (Wildman–Crippen LogP) is 3.28. The number of amides is 1. The highest BCUT2D eigenvalue weighted by Crippen LogP contribution is 2.35. The van der Waals surface area contributed by atoms with Crippen LogP contribution in [0.25, 0.3) is 10.9 Å². The monoisotopic (exact) mass is 387 g/mol. The van der Waals surface area contributed by atoms with Crippen LogP contribution in [0.5, 0.6) is 5.75 Å². The predicted molar refractivity (Wildman–Crippen MR) is 107 cm³/mol. The molecule has 2 fully saturated rings. The normalized spacial score (nSPS) is 25.6. The van der Waals surface area contributed by atoms with E-state index in [1.54, 1.807) is 7.11 Å². The number of anilines is 1. The van der Waals surface area contributed by atoms with Crippen LogP contribution in [0.4, 0.5) is 5.69 Å². The number of aromatic nitrogens is 2. The minimum absolute atomic E-state index is 0.118. The quantitative estimate of drug-likeness (QED) is 0.822. The van der Waals surface area contributed by atoms with Gasteiger partial charge in [0.15, 0.2) is 0 Å². The molecule has 2 heterocycles. The van der Waals surface area contributed by atoms with Crippen molar-refractivity contribution >= 4 is 22.5 Å². The van der Waals surface area contributed by atoms with Crippen molar-refractivity contribution in [3.63, 3.8) is 0 Å². The summed E-state index contributed by atoms with van der Waals surface area (Å²) in [7, 11) is 1.60. The lowest BCUT2D eigenvalue weighted by Crippen LogP contribution is -2.33. The highest BCUT2D eigenvalue weighted by molar-refractivity contribution is 5.98. The molecule has 0 radical (unpaired) electrons. The molecule has 1 aliphatic heterocycles. The maximum absolute atomic E-state index is 12.6. The number of aliphatic hydroxyl groups excluding tert-OH is 1. The van der Waals surface area contributed by atoms with E-state index < -0.39 is 6.10 Å². The largest absolute Gasteiger partial charge is 0.494 e. The number of aliphatic hydroxyl groups is 1. The van der Waals surface area contributed by atoms with Crippen molar-refractivity contribution in [1.29, 1.82) is 0 Å². The van der Waals surface area contributed by atoms with Gasteiger partial charge in [0.25, 0.3) is 5.91 Å². The summed E-state index contributed by atoms with van der Waals surface area (Å²) in [6.07, 6.45) is 8.55. The highest BCUT2D eigenvalue weighted by atomic mass is 16.5. The first-order valence-electron chi connectivity index (χ1n) is 10.3. The zero-order valence-corrected chi connectivity index (χ0v) is 16.4. The average molecular weight is 387 g/mol. The van der Waals surface area contributed by atoms with Crippen molar-refractivity contribution in [3.05, 3.63) is 18.3 Å². The first-order chi connectivity index (χ1) is 13.7. The van der Waals surface area contributed by atoms with Crippen LogP contribution in [0, 0.1) is 5.92 Å². The summed E-state index contributed by atoms with van der Waals surface area (Å²) >= 11 is 0. The highest BCUT2D eigenvalue weighted by Gasteiger charge is 2.25. The molecule has 2 aliphatic rings. The zero-order valence-electron chi connectivity index (χ0n) is 16.4. The lowest BCUT2D eigenvalue weighted by molar-refractivity contribution is -0.129. The van der Waals surface area contributed by atoms with E-state index in [1.807, 2.05) is 23.0 Å². The van der Waals surface area contributed by atoms with Crippen molar-refractivity contribution in [2.24, 2.45) is 5.92 Å². The fourth-order valence-electron chi connectivity index (χ4n) is 4.28. The lowest BCUT2D eigenvalue weighted by Gasteiger charge is -2.27. The van der Waals surface area contributed by atoms with E-state index in [1.165, 1.54) is 0 Å². The number of carbonyl (C=O) groups excluding carboxylic acids is 1. The van der Waals surface area contributed by atoms with Crippen LogP contribution >= 0.6 is 0 Å². The average Bonchev–Trinajstić information content (AvgIpc) is 3.16. The second-order valence-corrected chi connectivity index (χ2v) is 7.92. The summed E-state index contributed by atoms with van der Waals surface area (Å²) in [4.78, 5) is 12.6. The molecular weight excluding hydrogens is 358 g/mol. The smallest absolute Gasteiger partial charge is 0.253 e. The van der Waals surface area contributed by atoms with Crippen LogP contribution in [-0.4, -0.2) is 47.2 Å². The maximum Gasteiger partial charge on any atom is 0.253 e. The number of hydrogen-bond donors (Lipinski definition) is 2. The zero-order chi connectivity index (χ0) is 19.5. The van der Waals surface area contributed by atoms with Crippen molar-refractivity contribution < 1.29 is 19.4 Å². The second kappa shape index (κ2) is 8.49. The van der Waals surface area contributed by atoms with E-state index in [4.69, 9.17) is 14.6 Å². The van der Waals surface area contributed by atoms with Gasteiger partial charge in [-0.3, -0.25) is 9.48 Å². The van der Waals surface area contributed by atoms with Crippen LogP contribution in [0.3, 0.4) is 0 Å². The number of methoxy groups -OCH3 is 1. The van der Waals surface area contributed by atoms with Crippen molar-refractivity contribution in [3.8, 4) is 5.75 Å². The SMILES string of the molecule is COc1cc2nn(C3CCC(CO)CC3)cc2cc1NC(=O)[C@@H]1CCCCO1. The molecular formula is C21H29N3O4. The first kappa shape index (κ1) is 19.2. The molecule has 0 bridgehead atoms. The van der Waals surface area contributed by atoms with Gasteiger partial charge in [0, 0.05) is 30.9 Å². The molecule has 1 saturated carbocycles. The molecule has 1 saturated heterocycles. The van der Waals surface area contributed by atoms with E-state index in [2.05, 4.69) is 5.32 Å². The second-order valence-electron chi connectivity index (χ2n) is 7.92. The Morgan fingerprint density at radius 2 is 2.11 bits per heavy atom. The van der Waals surface area contributed by atoms with Crippen LogP contribution in [0.1, 0.15) is 51.0 Å². The third kappa shape index (κ3) is 4.00. The van der Waals surface area contributed by atoms with Gasteiger partial charge in [-0.1, -0.05) is 0 Å². The molecule has 0 spiro atoms. The Bertz CT molecular complexity index is 820. The van der Waals surface area contributed by atoms with E-state index >= 15 is 0 Å². The van der Waals surface area contributed by atoms with E-state index in [0.29, 0.717) is 30.0 Å². The fourth-order valence-corrected chi connectivity index (χ4v) is 4.28. The summed E-state index contributed by atoms with van der Waals surface area (Å²) in [6, 6.07) is 4.16. The molecule has 152 valence electrons. The molecule has 7 heteroatoms. The summed E-state index contributed by atoms with van der Waals surface area (Å²) < 4.78 is 13.1. The van der Waals surface area contributed by atoms with Crippen molar-refractivity contribution in [1.82, 2.24) is 9.78 Å². The molecule has 7 nitrogen and oxygen atoms in total. The molecule has 2 aromatic rings. The van der Waals surface area contributed by atoms with Crippen LogP contribution < -0.4 is 10.1 Å². The molecule has 1 aromatic carbocycles. The standard InChI is InChI=1S/C21H29N3O4/c1-27-20-11-17-15(10-18(20)22-21(26)19-4-2-3-9-28-19)12-24(23-17)16-7-5-14(13-25)6-8-16/h10-12,14,16,19,25H,2-9,13H2,1H3,(H,22,26)/t14?,16?,19-/m0/s1. The van der Waals surface area contributed by atoms with Gasteiger partial charge in [-0.05, 0) is 56.9 Å². The third-order valence-corrected chi connectivity index (χ3v) is 6.02. The number of benzene rings is 1. The molecule has 4 rings (SSSR count). The Kier molecular flexibility index (Phi) is 5.82. The van der Waals surface area contributed by atoms with Crippen molar-refractivity contribution in [2.45, 2.75) is 57.1 Å². The third-order valence-electron chi connectivity index (χ3n) is 6.02. The molecule has 1 atom stereocenters. The molecule has 1 amide bonds. The summed E-state index contributed by atoms with van der Waals surface area (Å²) in [5.74, 6) is 0.906. The van der Waals surface area contributed by atoms with E-state index in [-0.39, 0.29) is 12.5 Å². The Balaban J connectivity index is 1.53. The molecule has 28 heavy (non-hydrogen) atoms. The number of fused-ring (bicyclic) bond motifs is 1. The number of nitrogens with one attached hydrogen (secondary N) is 1. The lowest BCUT2D eigenvalue weighted by atomic mass is 9.87.